The van der Waals surface area contributed by atoms with Gasteiger partial charge in [0.25, 0.3) is 5.91 Å². The van der Waals surface area contributed by atoms with Crippen molar-refractivity contribution in [2.45, 2.75) is 6.92 Å². The van der Waals surface area contributed by atoms with Gasteiger partial charge in [0.05, 0.1) is 6.07 Å². The Labute approximate surface area is 89.0 Å². The molecule has 0 fully saturated rings. The molecule has 0 radical (unpaired) electrons. The summed E-state index contributed by atoms with van der Waals surface area (Å²) in [6, 6.07) is 9.11. The summed E-state index contributed by atoms with van der Waals surface area (Å²) < 4.78 is 0. The average molecular weight is 200 g/mol. The molecular formula is C12H12N2O. The van der Waals surface area contributed by atoms with E-state index in [1.165, 1.54) is 6.08 Å². The quantitative estimate of drug-likeness (QED) is 0.742. The minimum absolute atomic E-state index is 0.108. The first-order chi connectivity index (χ1) is 7.19. The summed E-state index contributed by atoms with van der Waals surface area (Å²) in [5, 5.41) is 11.0. The number of hydrogen-bond donors (Lipinski definition) is 1. The molecule has 1 aromatic carbocycles. The van der Waals surface area contributed by atoms with E-state index in [1.807, 2.05) is 25.1 Å². The van der Waals surface area contributed by atoms with Crippen molar-refractivity contribution in [3.8, 4) is 6.07 Å². The normalized spacial score (nSPS) is 10.6. The molecule has 1 rings (SSSR count). The number of carbonyl (C=O) groups is 1. The van der Waals surface area contributed by atoms with E-state index in [0.717, 1.165) is 11.1 Å². The van der Waals surface area contributed by atoms with Gasteiger partial charge in [-0.3, -0.25) is 4.79 Å². The first-order valence-electron chi connectivity index (χ1n) is 4.58. The molecule has 0 aliphatic heterocycles. The first-order valence-corrected chi connectivity index (χ1v) is 4.58. The lowest BCUT2D eigenvalue weighted by Gasteiger charge is -2.02. The second kappa shape index (κ2) is 4.97. The maximum atomic E-state index is 11.2. The Bertz CT molecular complexity index is 424. The van der Waals surface area contributed by atoms with Gasteiger partial charge in [0.15, 0.2) is 0 Å². The van der Waals surface area contributed by atoms with Crippen molar-refractivity contribution < 1.29 is 4.79 Å². The van der Waals surface area contributed by atoms with E-state index in [-0.39, 0.29) is 5.91 Å². The SMILES string of the molecule is CNC(=O)c1ccc(/C(C)=C/C#N)cc1. The van der Waals surface area contributed by atoms with Crippen molar-refractivity contribution in [3.63, 3.8) is 0 Å². The summed E-state index contributed by atoms with van der Waals surface area (Å²) >= 11 is 0. The van der Waals surface area contributed by atoms with Crippen LogP contribution in [0.5, 0.6) is 0 Å². The van der Waals surface area contributed by atoms with Gasteiger partial charge in [-0.1, -0.05) is 12.1 Å². The number of allylic oxidation sites excluding steroid dienone is 2. The second-order valence-electron chi connectivity index (χ2n) is 3.11. The second-order valence-corrected chi connectivity index (χ2v) is 3.11. The van der Waals surface area contributed by atoms with Crippen molar-refractivity contribution in [2.24, 2.45) is 0 Å². The Hall–Kier alpha value is -2.08. The third-order valence-corrected chi connectivity index (χ3v) is 2.11. The van der Waals surface area contributed by atoms with Gasteiger partial charge in [-0.25, -0.2) is 0 Å². The van der Waals surface area contributed by atoms with Gasteiger partial charge in [-0.15, -0.1) is 0 Å². The molecule has 0 saturated heterocycles. The van der Waals surface area contributed by atoms with Crippen LogP contribution in [0.4, 0.5) is 0 Å². The summed E-state index contributed by atoms with van der Waals surface area (Å²) in [6.45, 7) is 1.86. The highest BCUT2D eigenvalue weighted by molar-refractivity contribution is 5.94. The van der Waals surface area contributed by atoms with Crippen molar-refractivity contribution in [1.82, 2.24) is 5.32 Å². The van der Waals surface area contributed by atoms with Gasteiger partial charge < -0.3 is 5.32 Å². The third-order valence-electron chi connectivity index (χ3n) is 2.11. The molecule has 76 valence electrons. The summed E-state index contributed by atoms with van der Waals surface area (Å²) in [7, 11) is 1.59. The maximum Gasteiger partial charge on any atom is 0.251 e. The Morgan fingerprint density at radius 2 is 1.87 bits per heavy atom. The van der Waals surface area contributed by atoms with E-state index in [2.05, 4.69) is 5.32 Å². The van der Waals surface area contributed by atoms with Crippen LogP contribution in [0.15, 0.2) is 30.3 Å². The molecule has 0 spiro atoms. The molecule has 0 aromatic heterocycles. The number of nitrogens with one attached hydrogen (secondary N) is 1. The highest BCUT2D eigenvalue weighted by Gasteiger charge is 2.02. The molecule has 1 N–H and O–H groups in total. The Kier molecular flexibility index (Phi) is 3.64. The van der Waals surface area contributed by atoms with Crippen molar-refractivity contribution in [2.75, 3.05) is 7.05 Å². The predicted octanol–water partition coefficient (Wildman–Crippen LogP) is 1.97. The zero-order valence-corrected chi connectivity index (χ0v) is 8.74. The number of nitriles is 1. The maximum absolute atomic E-state index is 11.2. The third kappa shape index (κ3) is 2.68. The number of amides is 1. The lowest BCUT2D eigenvalue weighted by atomic mass is 10.1. The van der Waals surface area contributed by atoms with Crippen molar-refractivity contribution >= 4 is 11.5 Å². The van der Waals surface area contributed by atoms with E-state index in [0.29, 0.717) is 5.56 Å². The van der Waals surface area contributed by atoms with E-state index in [4.69, 9.17) is 5.26 Å². The monoisotopic (exact) mass is 200 g/mol. The largest absolute Gasteiger partial charge is 0.355 e. The number of rotatable bonds is 2. The van der Waals surface area contributed by atoms with Gasteiger partial charge in [0, 0.05) is 18.7 Å². The number of hydrogen-bond acceptors (Lipinski definition) is 2. The fourth-order valence-electron chi connectivity index (χ4n) is 1.21. The van der Waals surface area contributed by atoms with Crippen LogP contribution in [0.25, 0.3) is 5.57 Å². The zero-order valence-electron chi connectivity index (χ0n) is 8.74. The molecule has 0 heterocycles. The molecule has 3 heteroatoms. The fraction of sp³-hybridized carbons (Fsp3) is 0.167. The van der Waals surface area contributed by atoms with E-state index in [1.54, 1.807) is 19.2 Å². The van der Waals surface area contributed by atoms with Gasteiger partial charge >= 0.3 is 0 Å². The topological polar surface area (TPSA) is 52.9 Å². The zero-order chi connectivity index (χ0) is 11.3. The lowest BCUT2D eigenvalue weighted by molar-refractivity contribution is 0.0963. The molecule has 15 heavy (non-hydrogen) atoms. The summed E-state index contributed by atoms with van der Waals surface area (Å²) in [4.78, 5) is 11.2. The molecule has 1 aromatic rings. The van der Waals surface area contributed by atoms with E-state index in [9.17, 15) is 4.79 Å². The van der Waals surface area contributed by atoms with Crippen LogP contribution in [0.1, 0.15) is 22.8 Å². The molecule has 1 amide bonds. The molecule has 0 atom stereocenters. The molecule has 0 aliphatic carbocycles. The smallest absolute Gasteiger partial charge is 0.251 e. The summed E-state index contributed by atoms with van der Waals surface area (Å²) in [6.07, 6.45) is 1.48. The van der Waals surface area contributed by atoms with Crippen LogP contribution in [0.2, 0.25) is 0 Å². The number of carbonyl (C=O) groups excluding carboxylic acids is 1. The highest BCUT2D eigenvalue weighted by atomic mass is 16.1. The van der Waals surface area contributed by atoms with Gasteiger partial charge in [-0.2, -0.15) is 5.26 Å². The van der Waals surface area contributed by atoms with Gasteiger partial charge in [0.1, 0.15) is 0 Å². The Morgan fingerprint density at radius 1 is 1.33 bits per heavy atom. The molecule has 0 saturated carbocycles. The Balaban J connectivity index is 2.96. The van der Waals surface area contributed by atoms with Crippen LogP contribution < -0.4 is 5.32 Å². The van der Waals surface area contributed by atoms with Crippen LogP contribution in [-0.2, 0) is 0 Å². The average Bonchev–Trinajstić information content (AvgIpc) is 2.28. The van der Waals surface area contributed by atoms with Crippen LogP contribution in [0, 0.1) is 11.3 Å². The summed E-state index contributed by atoms with van der Waals surface area (Å²) in [5.41, 5.74) is 2.45. The van der Waals surface area contributed by atoms with E-state index < -0.39 is 0 Å². The lowest BCUT2D eigenvalue weighted by Crippen LogP contribution is -2.17. The minimum Gasteiger partial charge on any atom is -0.355 e. The number of benzene rings is 1. The molecule has 0 bridgehead atoms. The summed E-state index contributed by atoms with van der Waals surface area (Å²) in [5.74, 6) is -0.108. The number of nitrogens with zero attached hydrogens (tertiary/aromatic N) is 1. The predicted molar refractivity (Wildman–Crippen MR) is 59.1 cm³/mol. The Morgan fingerprint density at radius 3 is 2.33 bits per heavy atom. The van der Waals surface area contributed by atoms with Crippen LogP contribution in [-0.4, -0.2) is 13.0 Å². The first kappa shape index (κ1) is 11.0. The van der Waals surface area contributed by atoms with Gasteiger partial charge in [-0.05, 0) is 30.2 Å². The van der Waals surface area contributed by atoms with Crippen LogP contribution >= 0.6 is 0 Å². The van der Waals surface area contributed by atoms with Crippen molar-refractivity contribution in [1.29, 1.82) is 5.26 Å². The fourth-order valence-corrected chi connectivity index (χ4v) is 1.21. The van der Waals surface area contributed by atoms with Crippen LogP contribution in [0.3, 0.4) is 0 Å². The van der Waals surface area contributed by atoms with E-state index >= 15 is 0 Å². The molecule has 0 unspecified atom stereocenters. The standard InChI is InChI=1S/C12H12N2O/c1-9(7-8-13)10-3-5-11(6-4-10)12(15)14-2/h3-7H,1-2H3,(H,14,15)/b9-7+. The molecule has 3 nitrogen and oxygen atoms in total. The molecule has 0 aliphatic rings. The van der Waals surface area contributed by atoms with Gasteiger partial charge in [0.2, 0.25) is 0 Å². The van der Waals surface area contributed by atoms with Crippen molar-refractivity contribution in [3.05, 3.63) is 41.5 Å². The minimum atomic E-state index is -0.108. The highest BCUT2D eigenvalue weighted by Crippen LogP contribution is 2.13. The molecular weight excluding hydrogens is 188 g/mol.